The minimum absolute atomic E-state index is 0.358. The first kappa shape index (κ1) is 22.4. The van der Waals surface area contributed by atoms with Gasteiger partial charge in [0.2, 0.25) is 5.95 Å². The van der Waals surface area contributed by atoms with Crippen LogP contribution in [0, 0.1) is 74.2 Å². The first-order valence-corrected chi connectivity index (χ1v) is 7.61. The van der Waals surface area contributed by atoms with Gasteiger partial charge >= 0.3 is 6.18 Å². The van der Waals surface area contributed by atoms with E-state index in [-0.39, 0.29) is 5.22 Å². The number of halogens is 6. The van der Waals surface area contributed by atoms with Crippen molar-refractivity contribution in [2.45, 2.75) is 6.18 Å². The van der Waals surface area contributed by atoms with E-state index in [2.05, 4.69) is 4.98 Å². The molecular formula is C19H2F6N6. The highest BCUT2D eigenvalue weighted by molar-refractivity contribution is 5.80. The zero-order valence-electron chi connectivity index (χ0n) is 14.6. The Labute approximate surface area is 168 Å². The van der Waals surface area contributed by atoms with Crippen molar-refractivity contribution < 1.29 is 26.3 Å². The number of nitriles is 5. The summed E-state index contributed by atoms with van der Waals surface area (Å²) in [6, 6.07) is 8.71. The van der Waals surface area contributed by atoms with Crippen molar-refractivity contribution in [2.24, 2.45) is 0 Å². The lowest BCUT2D eigenvalue weighted by molar-refractivity contribution is -0.144. The Morgan fingerprint density at radius 1 is 0.774 bits per heavy atom. The van der Waals surface area contributed by atoms with Crippen molar-refractivity contribution in [1.82, 2.24) is 4.98 Å². The van der Waals surface area contributed by atoms with Crippen molar-refractivity contribution in [3.8, 4) is 30.3 Å². The summed E-state index contributed by atoms with van der Waals surface area (Å²) in [5, 5.41) is 44.9. The van der Waals surface area contributed by atoms with Crippen LogP contribution in [0.5, 0.6) is 0 Å². The van der Waals surface area contributed by atoms with Gasteiger partial charge in [0.25, 0.3) is 0 Å². The summed E-state index contributed by atoms with van der Waals surface area (Å²) >= 11 is 0. The highest BCUT2D eigenvalue weighted by atomic mass is 19.4. The first-order valence-electron chi connectivity index (χ1n) is 7.61. The Hall–Kier alpha value is -4.86. The summed E-state index contributed by atoms with van der Waals surface area (Å²) in [5.41, 5.74) is -7.47. The number of pyridine rings is 1. The normalized spacial score (nSPS) is 11.3. The van der Waals surface area contributed by atoms with Crippen LogP contribution >= 0.6 is 0 Å². The smallest absolute Gasteiger partial charge is 0.209 e. The summed E-state index contributed by atoms with van der Waals surface area (Å²) in [5.74, 6) is -6.98. The minimum atomic E-state index is -5.54. The molecule has 2 aromatic rings. The molecule has 0 aliphatic heterocycles. The van der Waals surface area contributed by atoms with Crippen LogP contribution in [0.15, 0.2) is 12.1 Å². The van der Waals surface area contributed by atoms with E-state index in [9.17, 15) is 42.1 Å². The van der Waals surface area contributed by atoms with Gasteiger partial charge in [-0.2, -0.15) is 43.9 Å². The predicted octanol–water partition coefficient (Wildman–Crippen LogP) is 2.18. The molecule has 150 valence electrons. The van der Waals surface area contributed by atoms with E-state index in [1.54, 1.807) is 0 Å². The van der Waals surface area contributed by atoms with Crippen LogP contribution in [0.1, 0.15) is 22.4 Å². The number of benzene rings is 1. The summed E-state index contributed by atoms with van der Waals surface area (Å²) in [7, 11) is 0. The van der Waals surface area contributed by atoms with Crippen LogP contribution in [0.4, 0.5) is 26.3 Å². The molecule has 0 atom stereocenters. The topological polar surface area (TPSA) is 132 Å². The zero-order chi connectivity index (χ0) is 23.5. The fraction of sp³-hybridized carbons (Fsp3) is 0.0526. The monoisotopic (exact) mass is 428 g/mol. The molecule has 1 aromatic carbocycles. The van der Waals surface area contributed by atoms with Crippen LogP contribution in [-0.2, 0) is 6.18 Å². The highest BCUT2D eigenvalue weighted by Gasteiger charge is 2.40. The Morgan fingerprint density at radius 3 is 1.74 bits per heavy atom. The molecule has 0 bridgehead atoms. The van der Waals surface area contributed by atoms with Crippen molar-refractivity contribution in [3.63, 3.8) is 0 Å². The molecule has 6 nitrogen and oxygen atoms in total. The molecule has 0 saturated carbocycles. The molecule has 12 heteroatoms. The van der Waals surface area contributed by atoms with Gasteiger partial charge in [0, 0.05) is 10.4 Å². The zero-order valence-corrected chi connectivity index (χ0v) is 14.6. The second kappa shape index (κ2) is 8.25. The SMILES string of the molecule is N#CC(C#N)=c1cc/c(=C(\C#N)c2c(F)c(F)nc(C(F)(F)F)c2F)c(C#N)c1C#N. The van der Waals surface area contributed by atoms with E-state index < -0.39 is 62.5 Å². The van der Waals surface area contributed by atoms with Crippen LogP contribution in [0.3, 0.4) is 0 Å². The molecule has 0 amide bonds. The van der Waals surface area contributed by atoms with Crippen molar-refractivity contribution in [1.29, 1.82) is 26.3 Å². The van der Waals surface area contributed by atoms with Gasteiger partial charge in [-0.3, -0.25) is 0 Å². The number of nitrogens with zero attached hydrogens (tertiary/aromatic N) is 6. The number of aromatic nitrogens is 1. The van der Waals surface area contributed by atoms with Gasteiger partial charge in [0.05, 0.1) is 22.3 Å². The summed E-state index contributed by atoms with van der Waals surface area (Å²) in [4.78, 5) is 2.19. The van der Waals surface area contributed by atoms with E-state index in [0.29, 0.717) is 0 Å². The molecule has 0 saturated heterocycles. The highest BCUT2D eigenvalue weighted by Crippen LogP contribution is 2.34. The van der Waals surface area contributed by atoms with Gasteiger partial charge < -0.3 is 0 Å². The summed E-state index contributed by atoms with van der Waals surface area (Å²) in [6.07, 6.45) is -5.54. The first-order chi connectivity index (χ1) is 14.6. The predicted molar refractivity (Wildman–Crippen MR) is 87.0 cm³/mol. The molecule has 0 spiro atoms. The van der Waals surface area contributed by atoms with Crippen LogP contribution < -0.4 is 10.4 Å². The molecule has 1 heterocycles. The third kappa shape index (κ3) is 3.72. The van der Waals surface area contributed by atoms with Crippen LogP contribution in [-0.4, -0.2) is 4.98 Å². The van der Waals surface area contributed by atoms with E-state index >= 15 is 0 Å². The van der Waals surface area contributed by atoms with Crippen LogP contribution in [0.25, 0.3) is 11.1 Å². The molecule has 0 N–H and O–H groups in total. The van der Waals surface area contributed by atoms with Crippen molar-refractivity contribution in [2.75, 3.05) is 0 Å². The number of rotatable bonds is 1. The second-order valence-corrected chi connectivity index (χ2v) is 5.47. The van der Waals surface area contributed by atoms with E-state index in [0.717, 1.165) is 12.1 Å². The minimum Gasteiger partial charge on any atom is -0.209 e. The van der Waals surface area contributed by atoms with Gasteiger partial charge in [0.15, 0.2) is 17.3 Å². The second-order valence-electron chi connectivity index (χ2n) is 5.47. The van der Waals surface area contributed by atoms with Crippen LogP contribution in [0.2, 0.25) is 0 Å². The molecule has 0 aliphatic rings. The lowest BCUT2D eigenvalue weighted by Gasteiger charge is -2.12. The van der Waals surface area contributed by atoms with Gasteiger partial charge in [-0.25, -0.2) is 13.8 Å². The maximum Gasteiger partial charge on any atom is 0.436 e. The standard InChI is InChI=1S/C19H2F6N6/c20-15-14(16(21)18(22)31-17(15)19(23,24)25)13(7-30)10-2-1-9(8(3-26)4-27)11(5-28)12(10)6-29/h1-2H/b13-10-. The molecule has 31 heavy (non-hydrogen) atoms. The lowest BCUT2D eigenvalue weighted by atomic mass is 9.95. The third-order valence-electron chi connectivity index (χ3n) is 3.86. The lowest BCUT2D eigenvalue weighted by Crippen LogP contribution is -2.24. The molecule has 0 fully saturated rings. The maximum absolute atomic E-state index is 14.5. The molecule has 0 aliphatic carbocycles. The summed E-state index contributed by atoms with van der Waals surface area (Å²) in [6.45, 7) is 0. The quantitative estimate of drug-likeness (QED) is 0.505. The van der Waals surface area contributed by atoms with Crippen molar-refractivity contribution >= 4 is 11.1 Å². The van der Waals surface area contributed by atoms with E-state index in [1.165, 1.54) is 30.3 Å². The van der Waals surface area contributed by atoms with Gasteiger partial charge in [0.1, 0.15) is 35.9 Å². The number of hydrogen-bond donors (Lipinski definition) is 0. The molecule has 0 unspecified atom stereocenters. The van der Waals surface area contributed by atoms with Crippen molar-refractivity contribution in [3.05, 3.63) is 62.5 Å². The fourth-order valence-electron chi connectivity index (χ4n) is 2.57. The third-order valence-corrected chi connectivity index (χ3v) is 3.86. The molecule has 1 aromatic heterocycles. The average Bonchev–Trinajstić information content (AvgIpc) is 2.73. The molecule has 0 radical (unpaired) electrons. The average molecular weight is 428 g/mol. The van der Waals surface area contributed by atoms with E-state index in [1.807, 2.05) is 0 Å². The fourth-order valence-corrected chi connectivity index (χ4v) is 2.57. The number of hydrogen-bond acceptors (Lipinski definition) is 6. The Kier molecular flexibility index (Phi) is 5.97. The summed E-state index contributed by atoms with van der Waals surface area (Å²) < 4.78 is 81.2. The molecule has 2 rings (SSSR count). The molecular weight excluding hydrogens is 426 g/mol. The van der Waals surface area contributed by atoms with Gasteiger partial charge in [-0.1, -0.05) is 12.1 Å². The van der Waals surface area contributed by atoms with Gasteiger partial charge in [-0.05, 0) is 0 Å². The maximum atomic E-state index is 14.5. The largest absolute Gasteiger partial charge is 0.436 e. The number of alkyl halides is 3. The Morgan fingerprint density at radius 2 is 1.29 bits per heavy atom. The Bertz CT molecular complexity index is 1440. The van der Waals surface area contributed by atoms with E-state index in [4.69, 9.17) is 10.5 Å². The van der Waals surface area contributed by atoms with Gasteiger partial charge in [-0.15, -0.1) is 0 Å². The Balaban J connectivity index is 3.25.